The maximum absolute atomic E-state index is 14.6. The second-order valence-corrected chi connectivity index (χ2v) is 6.94. The van der Waals surface area contributed by atoms with Crippen LogP contribution in [0.4, 0.5) is 8.78 Å². The largest absolute Gasteiger partial charge is 0.497 e. The second kappa shape index (κ2) is 7.11. The summed E-state index contributed by atoms with van der Waals surface area (Å²) < 4.78 is 34.9. The van der Waals surface area contributed by atoms with Crippen LogP contribution in [0.3, 0.4) is 0 Å². The van der Waals surface area contributed by atoms with E-state index >= 15 is 0 Å². The summed E-state index contributed by atoms with van der Waals surface area (Å²) >= 11 is 0. The van der Waals surface area contributed by atoms with Gasteiger partial charge < -0.3 is 14.6 Å². The zero-order valence-corrected chi connectivity index (χ0v) is 15.6. The molecule has 28 heavy (non-hydrogen) atoms. The lowest BCUT2D eigenvalue weighted by Gasteiger charge is -2.14. The summed E-state index contributed by atoms with van der Waals surface area (Å²) in [6.07, 6.45) is 1.95. The van der Waals surface area contributed by atoms with Crippen molar-refractivity contribution >= 4 is 5.91 Å². The molecule has 1 aliphatic carbocycles. The lowest BCUT2D eigenvalue weighted by Crippen LogP contribution is -2.25. The molecule has 1 aromatic heterocycles. The van der Waals surface area contributed by atoms with Crippen LogP contribution in [0, 0.1) is 18.6 Å². The fraction of sp³-hybridized carbons (Fsp3) is 0.227. The molecule has 1 N–H and O–H groups in total. The van der Waals surface area contributed by atoms with E-state index in [9.17, 15) is 13.6 Å². The van der Waals surface area contributed by atoms with Crippen molar-refractivity contribution in [1.29, 1.82) is 0 Å². The smallest absolute Gasteiger partial charge is 0.253 e. The highest BCUT2D eigenvalue weighted by atomic mass is 19.1. The van der Waals surface area contributed by atoms with E-state index in [0.29, 0.717) is 22.7 Å². The van der Waals surface area contributed by atoms with Crippen molar-refractivity contribution in [1.82, 2.24) is 9.88 Å². The number of methoxy groups -OCH3 is 1. The molecule has 1 saturated carbocycles. The Balaban J connectivity index is 1.87. The standard InChI is InChI=1S/C22H20F2N2O2/c1-13-18(22(27)25-16-6-7-16)12-21(14-3-8-17(28-2)9-4-14)26(13)20-10-5-15(23)11-19(20)24/h3-5,8-12,16H,6-7H2,1-2H3,(H,25,27). The fourth-order valence-electron chi connectivity index (χ4n) is 3.27. The maximum atomic E-state index is 14.6. The number of rotatable bonds is 5. The normalized spacial score (nSPS) is 13.4. The Hall–Kier alpha value is -3.15. The molecule has 4 rings (SSSR count). The average Bonchev–Trinajstić information content (AvgIpc) is 3.43. The van der Waals surface area contributed by atoms with Gasteiger partial charge in [0.25, 0.3) is 5.91 Å². The number of hydrogen-bond donors (Lipinski definition) is 1. The van der Waals surface area contributed by atoms with Gasteiger partial charge in [-0.15, -0.1) is 0 Å². The minimum atomic E-state index is -0.692. The van der Waals surface area contributed by atoms with Gasteiger partial charge >= 0.3 is 0 Å². The molecular weight excluding hydrogens is 362 g/mol. The molecule has 0 spiro atoms. The van der Waals surface area contributed by atoms with E-state index in [-0.39, 0.29) is 17.6 Å². The van der Waals surface area contributed by atoms with Crippen molar-refractivity contribution in [3.8, 4) is 22.7 Å². The summed E-state index contributed by atoms with van der Waals surface area (Å²) in [5, 5.41) is 2.97. The predicted octanol–water partition coefficient (Wildman–Crippen LogP) is 4.63. The summed E-state index contributed by atoms with van der Waals surface area (Å²) in [7, 11) is 1.58. The van der Waals surface area contributed by atoms with Crippen molar-refractivity contribution < 1.29 is 18.3 Å². The molecule has 2 aromatic carbocycles. The third-order valence-corrected chi connectivity index (χ3v) is 4.94. The number of aromatic nitrogens is 1. The van der Waals surface area contributed by atoms with Gasteiger partial charge in [-0.25, -0.2) is 8.78 Å². The van der Waals surface area contributed by atoms with E-state index in [4.69, 9.17) is 4.74 Å². The number of hydrogen-bond acceptors (Lipinski definition) is 2. The summed E-state index contributed by atoms with van der Waals surface area (Å²) in [5.41, 5.74) is 2.69. The Bertz CT molecular complexity index is 1040. The van der Waals surface area contributed by atoms with E-state index in [1.807, 2.05) is 12.1 Å². The molecule has 3 aromatic rings. The zero-order chi connectivity index (χ0) is 19.8. The van der Waals surface area contributed by atoms with Crippen LogP contribution in [0.5, 0.6) is 5.75 Å². The predicted molar refractivity (Wildman–Crippen MR) is 103 cm³/mol. The Morgan fingerprint density at radius 2 is 1.82 bits per heavy atom. The molecule has 0 radical (unpaired) electrons. The van der Waals surface area contributed by atoms with Crippen LogP contribution in [0.15, 0.2) is 48.5 Å². The van der Waals surface area contributed by atoms with E-state index < -0.39 is 11.6 Å². The molecule has 0 unspecified atom stereocenters. The first-order valence-corrected chi connectivity index (χ1v) is 9.11. The first kappa shape index (κ1) is 18.2. The van der Waals surface area contributed by atoms with Gasteiger partial charge in [-0.3, -0.25) is 4.79 Å². The van der Waals surface area contributed by atoms with Crippen molar-refractivity contribution in [3.63, 3.8) is 0 Å². The van der Waals surface area contributed by atoms with E-state index in [1.165, 1.54) is 12.1 Å². The minimum Gasteiger partial charge on any atom is -0.497 e. The van der Waals surface area contributed by atoms with Crippen LogP contribution in [-0.2, 0) is 0 Å². The van der Waals surface area contributed by atoms with Crippen molar-refractivity contribution in [2.45, 2.75) is 25.8 Å². The van der Waals surface area contributed by atoms with E-state index in [0.717, 1.165) is 24.5 Å². The number of halogens is 2. The molecule has 1 heterocycles. The fourth-order valence-corrected chi connectivity index (χ4v) is 3.27. The lowest BCUT2D eigenvalue weighted by molar-refractivity contribution is 0.0950. The molecule has 1 fully saturated rings. The van der Waals surface area contributed by atoms with Crippen LogP contribution < -0.4 is 10.1 Å². The molecule has 0 aliphatic heterocycles. The Morgan fingerprint density at radius 1 is 1.11 bits per heavy atom. The molecule has 0 saturated heterocycles. The molecule has 4 nitrogen and oxygen atoms in total. The van der Waals surface area contributed by atoms with Gasteiger partial charge in [0.15, 0.2) is 0 Å². The third-order valence-electron chi connectivity index (χ3n) is 4.94. The second-order valence-electron chi connectivity index (χ2n) is 6.94. The zero-order valence-electron chi connectivity index (χ0n) is 15.6. The van der Waals surface area contributed by atoms with Crippen LogP contribution in [-0.4, -0.2) is 23.6 Å². The van der Waals surface area contributed by atoms with Crippen LogP contribution in [0.2, 0.25) is 0 Å². The number of carbonyl (C=O) groups excluding carboxylic acids is 1. The van der Waals surface area contributed by atoms with Gasteiger partial charge in [0.2, 0.25) is 0 Å². The molecular formula is C22H20F2N2O2. The molecule has 0 atom stereocenters. The van der Waals surface area contributed by atoms with E-state index in [2.05, 4.69) is 5.32 Å². The number of nitrogens with one attached hydrogen (secondary N) is 1. The Kier molecular flexibility index (Phi) is 4.63. The molecule has 0 bridgehead atoms. The quantitative estimate of drug-likeness (QED) is 0.699. The van der Waals surface area contributed by atoms with Gasteiger partial charge in [0.1, 0.15) is 17.4 Å². The van der Waals surface area contributed by atoms with E-state index in [1.54, 1.807) is 36.8 Å². The number of benzene rings is 2. The van der Waals surface area contributed by atoms with Crippen LogP contribution in [0.25, 0.3) is 16.9 Å². The highest BCUT2D eigenvalue weighted by molar-refractivity contribution is 5.97. The number of ether oxygens (including phenoxy) is 1. The first-order chi connectivity index (χ1) is 13.5. The monoisotopic (exact) mass is 382 g/mol. The molecule has 1 amide bonds. The van der Waals surface area contributed by atoms with Gasteiger partial charge in [0.05, 0.1) is 24.1 Å². The van der Waals surface area contributed by atoms with Gasteiger partial charge in [-0.05, 0) is 67.8 Å². The number of nitrogens with zero attached hydrogens (tertiary/aromatic N) is 1. The summed E-state index contributed by atoms with van der Waals surface area (Å²) in [6, 6.07) is 12.7. The molecule has 144 valence electrons. The highest BCUT2D eigenvalue weighted by Crippen LogP contribution is 2.32. The van der Waals surface area contributed by atoms with Crippen LogP contribution >= 0.6 is 0 Å². The van der Waals surface area contributed by atoms with Gasteiger partial charge in [-0.2, -0.15) is 0 Å². The van der Waals surface area contributed by atoms with Crippen LogP contribution in [0.1, 0.15) is 28.9 Å². The number of carbonyl (C=O) groups is 1. The summed E-state index contributed by atoms with van der Waals surface area (Å²) in [4.78, 5) is 12.7. The highest BCUT2D eigenvalue weighted by Gasteiger charge is 2.27. The topological polar surface area (TPSA) is 43.3 Å². The SMILES string of the molecule is COc1ccc(-c2cc(C(=O)NC3CC3)c(C)n2-c2ccc(F)cc2F)cc1. The van der Waals surface area contributed by atoms with Crippen molar-refractivity contribution in [2.24, 2.45) is 0 Å². The molecule has 6 heteroatoms. The summed E-state index contributed by atoms with van der Waals surface area (Å²) in [5.74, 6) is -0.833. The lowest BCUT2D eigenvalue weighted by atomic mass is 10.1. The maximum Gasteiger partial charge on any atom is 0.253 e. The third kappa shape index (κ3) is 3.38. The van der Waals surface area contributed by atoms with Gasteiger partial charge in [0, 0.05) is 17.8 Å². The average molecular weight is 382 g/mol. The van der Waals surface area contributed by atoms with Crippen molar-refractivity contribution in [2.75, 3.05) is 7.11 Å². The van der Waals surface area contributed by atoms with Gasteiger partial charge in [-0.1, -0.05) is 0 Å². The number of amides is 1. The Labute approximate surface area is 161 Å². The Morgan fingerprint density at radius 3 is 2.43 bits per heavy atom. The minimum absolute atomic E-state index is 0.184. The first-order valence-electron chi connectivity index (χ1n) is 9.11. The summed E-state index contributed by atoms with van der Waals surface area (Å²) in [6.45, 7) is 1.76. The van der Waals surface area contributed by atoms with Crippen molar-refractivity contribution in [3.05, 3.63) is 71.4 Å². The molecule has 1 aliphatic rings.